The lowest BCUT2D eigenvalue weighted by molar-refractivity contribution is -0.298. The van der Waals surface area contributed by atoms with Gasteiger partial charge in [-0.05, 0) is 11.1 Å². The van der Waals surface area contributed by atoms with E-state index in [9.17, 15) is 15.3 Å². The van der Waals surface area contributed by atoms with Gasteiger partial charge in [-0.2, -0.15) is 0 Å². The summed E-state index contributed by atoms with van der Waals surface area (Å²) in [5, 5.41) is 30.5. The van der Waals surface area contributed by atoms with E-state index < -0.39 is 30.7 Å². The van der Waals surface area contributed by atoms with Crippen molar-refractivity contribution in [3.63, 3.8) is 0 Å². The van der Waals surface area contributed by atoms with Gasteiger partial charge in [0.25, 0.3) is 0 Å². The van der Waals surface area contributed by atoms with E-state index >= 15 is 0 Å². The minimum atomic E-state index is -1.44. The Hall–Kier alpha value is -1.80. The van der Waals surface area contributed by atoms with Crippen LogP contribution in [0.15, 0.2) is 60.7 Å². The Morgan fingerprint density at radius 2 is 1.35 bits per heavy atom. The first-order valence-electron chi connectivity index (χ1n) is 8.62. The van der Waals surface area contributed by atoms with Crippen molar-refractivity contribution in [3.05, 3.63) is 71.8 Å². The summed E-state index contributed by atoms with van der Waals surface area (Å²) in [7, 11) is 0. The predicted octanol–water partition coefficient (Wildman–Crippen LogP) is 1.23. The molecule has 26 heavy (non-hydrogen) atoms. The van der Waals surface area contributed by atoms with Crippen LogP contribution >= 0.6 is 0 Å². The molecule has 0 radical (unpaired) electrons. The fraction of sp³-hybridized carbons (Fsp3) is 0.400. The molecule has 3 N–H and O–H groups in total. The van der Waals surface area contributed by atoms with Crippen LogP contribution in [0.3, 0.4) is 0 Å². The Balaban J connectivity index is 1.55. The third kappa shape index (κ3) is 4.88. The summed E-state index contributed by atoms with van der Waals surface area (Å²) < 4.78 is 16.5. The molecule has 2 aromatic rings. The van der Waals surface area contributed by atoms with E-state index in [0.717, 1.165) is 11.1 Å². The fourth-order valence-corrected chi connectivity index (χ4v) is 2.88. The normalized spacial score (nSPS) is 28.8. The van der Waals surface area contributed by atoms with Gasteiger partial charge >= 0.3 is 0 Å². The molecule has 1 saturated heterocycles. The SMILES string of the molecule is O[C@@H]1[C@@H](OCc2ccccc2)[C@H](O)[C@@H](COCc2ccccc2)O[C@@H]1O. The third-order valence-electron chi connectivity index (χ3n) is 4.34. The maximum absolute atomic E-state index is 10.5. The highest BCUT2D eigenvalue weighted by molar-refractivity contribution is 5.14. The molecule has 3 rings (SSSR count). The number of rotatable bonds is 7. The van der Waals surface area contributed by atoms with Crippen molar-refractivity contribution in [2.45, 2.75) is 43.9 Å². The van der Waals surface area contributed by atoms with Crippen LogP contribution in [0.5, 0.6) is 0 Å². The van der Waals surface area contributed by atoms with Crippen LogP contribution in [-0.4, -0.2) is 52.6 Å². The van der Waals surface area contributed by atoms with Gasteiger partial charge in [0.2, 0.25) is 0 Å². The van der Waals surface area contributed by atoms with Crippen LogP contribution in [-0.2, 0) is 27.4 Å². The highest BCUT2D eigenvalue weighted by Gasteiger charge is 2.44. The standard InChI is InChI=1S/C20H24O6/c21-17-16(13-24-11-14-7-3-1-4-8-14)26-20(23)18(22)19(17)25-12-15-9-5-2-6-10-15/h1-10,16-23H,11-13H2/t16-,17-,18-,19+,20+/m1/s1. The first-order valence-corrected chi connectivity index (χ1v) is 8.62. The third-order valence-corrected chi connectivity index (χ3v) is 4.34. The second-order valence-electron chi connectivity index (χ2n) is 6.31. The molecule has 6 heteroatoms. The van der Waals surface area contributed by atoms with Crippen molar-refractivity contribution in [2.75, 3.05) is 6.61 Å². The topological polar surface area (TPSA) is 88.4 Å². The largest absolute Gasteiger partial charge is 0.387 e. The van der Waals surface area contributed by atoms with Crippen LogP contribution in [0.1, 0.15) is 11.1 Å². The number of ether oxygens (including phenoxy) is 3. The van der Waals surface area contributed by atoms with Gasteiger partial charge < -0.3 is 29.5 Å². The average molecular weight is 360 g/mol. The van der Waals surface area contributed by atoms with Crippen molar-refractivity contribution >= 4 is 0 Å². The van der Waals surface area contributed by atoms with Crippen molar-refractivity contribution < 1.29 is 29.5 Å². The molecule has 1 fully saturated rings. The van der Waals surface area contributed by atoms with E-state index in [1.54, 1.807) is 0 Å². The van der Waals surface area contributed by atoms with Crippen molar-refractivity contribution in [1.82, 2.24) is 0 Å². The summed E-state index contributed by atoms with van der Waals surface area (Å²) in [6.07, 6.45) is -5.65. The minimum absolute atomic E-state index is 0.0744. The van der Waals surface area contributed by atoms with Gasteiger partial charge in [0.15, 0.2) is 6.29 Å². The van der Waals surface area contributed by atoms with Crippen LogP contribution < -0.4 is 0 Å². The fourth-order valence-electron chi connectivity index (χ4n) is 2.88. The Morgan fingerprint density at radius 1 is 0.769 bits per heavy atom. The summed E-state index contributed by atoms with van der Waals surface area (Å²) in [4.78, 5) is 0. The van der Waals surface area contributed by atoms with Gasteiger partial charge in [0, 0.05) is 0 Å². The van der Waals surface area contributed by atoms with Gasteiger partial charge in [0.1, 0.15) is 24.4 Å². The number of aliphatic hydroxyl groups is 3. The highest BCUT2D eigenvalue weighted by atomic mass is 16.7. The van der Waals surface area contributed by atoms with E-state index in [0.29, 0.717) is 6.61 Å². The Kier molecular flexibility index (Phi) is 6.73. The minimum Gasteiger partial charge on any atom is -0.387 e. The van der Waals surface area contributed by atoms with Gasteiger partial charge in [-0.25, -0.2) is 0 Å². The molecular weight excluding hydrogens is 336 g/mol. The van der Waals surface area contributed by atoms with E-state index in [-0.39, 0.29) is 13.2 Å². The Labute approximate surface area is 152 Å². The van der Waals surface area contributed by atoms with Gasteiger partial charge in [-0.15, -0.1) is 0 Å². The van der Waals surface area contributed by atoms with Crippen molar-refractivity contribution in [1.29, 1.82) is 0 Å². The van der Waals surface area contributed by atoms with E-state index in [1.807, 2.05) is 60.7 Å². The summed E-state index contributed by atoms with van der Waals surface area (Å²) in [6, 6.07) is 19.0. The molecule has 5 atom stereocenters. The molecule has 0 spiro atoms. The zero-order valence-corrected chi connectivity index (χ0v) is 14.3. The molecule has 140 valence electrons. The van der Waals surface area contributed by atoms with Gasteiger partial charge in [-0.1, -0.05) is 60.7 Å². The molecule has 0 aliphatic carbocycles. The zero-order chi connectivity index (χ0) is 18.4. The highest BCUT2D eigenvalue weighted by Crippen LogP contribution is 2.24. The molecule has 0 saturated carbocycles. The second kappa shape index (κ2) is 9.23. The molecular formula is C20H24O6. The molecule has 0 unspecified atom stereocenters. The summed E-state index contributed by atoms with van der Waals surface area (Å²) >= 11 is 0. The first-order chi connectivity index (χ1) is 12.6. The average Bonchev–Trinajstić information content (AvgIpc) is 2.67. The number of benzene rings is 2. The molecule has 6 nitrogen and oxygen atoms in total. The molecule has 0 aromatic heterocycles. The Bertz CT molecular complexity index is 650. The molecule has 1 aliphatic heterocycles. The Morgan fingerprint density at radius 3 is 1.96 bits per heavy atom. The summed E-state index contributed by atoms with van der Waals surface area (Å²) in [5.41, 5.74) is 1.90. The molecule has 0 bridgehead atoms. The van der Waals surface area contributed by atoms with E-state index in [1.165, 1.54) is 0 Å². The summed E-state index contributed by atoms with van der Waals surface area (Å²) in [5.74, 6) is 0. The number of hydrogen-bond acceptors (Lipinski definition) is 6. The van der Waals surface area contributed by atoms with Crippen LogP contribution in [0.25, 0.3) is 0 Å². The lowest BCUT2D eigenvalue weighted by Gasteiger charge is -2.40. The lowest BCUT2D eigenvalue weighted by Crippen LogP contribution is -2.59. The maximum Gasteiger partial charge on any atom is 0.184 e. The zero-order valence-electron chi connectivity index (χ0n) is 14.3. The number of aliphatic hydroxyl groups excluding tert-OH is 3. The number of hydrogen-bond donors (Lipinski definition) is 3. The van der Waals surface area contributed by atoms with Gasteiger partial charge in [-0.3, -0.25) is 0 Å². The molecule has 2 aromatic carbocycles. The van der Waals surface area contributed by atoms with Gasteiger partial charge in [0.05, 0.1) is 19.8 Å². The second-order valence-corrected chi connectivity index (χ2v) is 6.31. The molecule has 0 amide bonds. The van der Waals surface area contributed by atoms with E-state index in [2.05, 4.69) is 0 Å². The molecule has 1 aliphatic rings. The van der Waals surface area contributed by atoms with E-state index in [4.69, 9.17) is 14.2 Å². The van der Waals surface area contributed by atoms with Crippen molar-refractivity contribution in [3.8, 4) is 0 Å². The summed E-state index contributed by atoms with van der Waals surface area (Å²) in [6.45, 7) is 0.649. The van der Waals surface area contributed by atoms with Crippen molar-refractivity contribution in [2.24, 2.45) is 0 Å². The molecule has 1 heterocycles. The smallest absolute Gasteiger partial charge is 0.184 e. The lowest BCUT2D eigenvalue weighted by atomic mass is 9.99. The van der Waals surface area contributed by atoms with Crippen LogP contribution in [0.4, 0.5) is 0 Å². The predicted molar refractivity (Wildman–Crippen MR) is 94.0 cm³/mol. The van der Waals surface area contributed by atoms with Crippen LogP contribution in [0.2, 0.25) is 0 Å². The quantitative estimate of drug-likeness (QED) is 0.688. The first kappa shape index (κ1) is 19.0. The maximum atomic E-state index is 10.5. The van der Waals surface area contributed by atoms with Crippen LogP contribution in [0, 0.1) is 0 Å². The monoisotopic (exact) mass is 360 g/mol.